The minimum Gasteiger partial charge on any atom is -0.477 e. The lowest BCUT2D eigenvalue weighted by atomic mass is 9.92. The minimum atomic E-state index is -4.84. The zero-order valence-corrected chi connectivity index (χ0v) is 36.8. The fraction of sp³-hybridized carbons (Fsp3) is 0.271. The maximum Gasteiger partial charge on any atom is 0.416 e. The Morgan fingerprint density at radius 2 is 1.23 bits per heavy atom. The molecule has 0 aliphatic carbocycles. The van der Waals surface area contributed by atoms with Crippen molar-refractivity contribution in [2.24, 2.45) is 0 Å². The number of carbonyl (C=O) groups excluding carboxylic acids is 4. The number of carbonyl (C=O) groups is 5. The summed E-state index contributed by atoms with van der Waals surface area (Å²) in [5.74, 6) is -3.14. The predicted octanol–water partition coefficient (Wildman–Crippen LogP) is 7.12. The molecule has 21 heteroatoms. The molecule has 3 heterocycles. The molecule has 0 radical (unpaired) electrons. The van der Waals surface area contributed by atoms with Crippen molar-refractivity contribution in [1.82, 2.24) is 20.9 Å². The topological polar surface area (TPSA) is 199 Å². The molecule has 0 aromatic heterocycles. The van der Waals surface area contributed by atoms with E-state index in [0.29, 0.717) is 52.5 Å². The van der Waals surface area contributed by atoms with Gasteiger partial charge >= 0.3 is 30.4 Å². The molecule has 4 aromatic rings. The van der Waals surface area contributed by atoms with Crippen LogP contribution in [0, 0.1) is 22.7 Å². The van der Waals surface area contributed by atoms with E-state index in [2.05, 4.69) is 16.0 Å². The summed E-state index contributed by atoms with van der Waals surface area (Å²) >= 11 is 0. The number of hydrogen-bond donors (Lipinski definition) is 4. The largest absolute Gasteiger partial charge is 0.477 e. The second-order valence-electron chi connectivity index (χ2n) is 17.0. The number of rotatable bonds is 14. The maximum atomic E-state index is 14.2. The van der Waals surface area contributed by atoms with E-state index in [1.165, 1.54) is 53.4 Å². The van der Waals surface area contributed by atoms with Crippen molar-refractivity contribution in [3.63, 3.8) is 0 Å². The quantitative estimate of drug-likeness (QED) is 0.0582. The van der Waals surface area contributed by atoms with Crippen molar-refractivity contribution in [2.75, 3.05) is 56.6 Å². The zero-order chi connectivity index (χ0) is 50.0. The number of benzene rings is 4. The summed E-state index contributed by atoms with van der Waals surface area (Å²) in [6.45, 7) is 0.990. The number of anilines is 2. The second kappa shape index (κ2) is 19.2. The number of halogens is 6. The Balaban J connectivity index is 1.05. The third kappa shape index (κ3) is 10.4. The minimum absolute atomic E-state index is 0.0150. The normalized spacial score (nSPS) is 17.5. The van der Waals surface area contributed by atoms with E-state index in [1.54, 1.807) is 12.1 Å². The van der Waals surface area contributed by atoms with Crippen LogP contribution in [0.4, 0.5) is 47.3 Å². The number of alkyl halides is 6. The lowest BCUT2D eigenvalue weighted by molar-refractivity contribution is -0.890. The third-order valence-electron chi connectivity index (χ3n) is 11.9. The van der Waals surface area contributed by atoms with Crippen LogP contribution in [0.25, 0.3) is 0 Å². The molecule has 0 unspecified atom stereocenters. The van der Waals surface area contributed by atoms with Gasteiger partial charge < -0.3 is 30.4 Å². The molecule has 69 heavy (non-hydrogen) atoms. The Morgan fingerprint density at radius 3 is 1.75 bits per heavy atom. The molecular weight excluding hydrogens is 913 g/mol. The molecule has 2 atom stereocenters. The van der Waals surface area contributed by atoms with E-state index >= 15 is 0 Å². The van der Waals surface area contributed by atoms with Crippen molar-refractivity contribution >= 4 is 41.2 Å². The number of amides is 6. The molecule has 0 bridgehead atoms. The van der Waals surface area contributed by atoms with Gasteiger partial charge in [0.05, 0.1) is 108 Å². The van der Waals surface area contributed by atoms with Gasteiger partial charge in [0, 0.05) is 25.9 Å². The summed E-state index contributed by atoms with van der Waals surface area (Å²) in [6, 6.07) is 19.2. The van der Waals surface area contributed by atoms with Gasteiger partial charge in [0.1, 0.15) is 5.70 Å². The molecule has 3 aliphatic rings. The van der Waals surface area contributed by atoms with Crippen molar-refractivity contribution < 1.29 is 59.9 Å². The maximum absolute atomic E-state index is 14.2. The van der Waals surface area contributed by atoms with Crippen LogP contribution in [0.2, 0.25) is 0 Å². The SMILES string of the molecule is C[N+](C)(CCCNC(=O)C1=C(C(=O)O)N(c2cccc(C(F)(F)F)c2)C(=O)N[C@@H]1c1ccc(C#N)cc1)CCCN1CC2=C(C1=O)[C@@H](c1ccc(C#N)cc1)NC(=O)N2c1cccc(C(F)(F)F)c1. The van der Waals surface area contributed by atoms with Crippen LogP contribution in [0.5, 0.6) is 0 Å². The lowest BCUT2D eigenvalue weighted by Gasteiger charge is -2.35. The number of aliphatic carboxylic acids is 1. The molecule has 356 valence electrons. The van der Waals surface area contributed by atoms with Crippen LogP contribution in [-0.2, 0) is 26.7 Å². The molecule has 0 saturated heterocycles. The fourth-order valence-corrected chi connectivity index (χ4v) is 8.51. The molecule has 15 nitrogen and oxygen atoms in total. The highest BCUT2D eigenvalue weighted by Crippen LogP contribution is 2.41. The number of hydrogen-bond acceptors (Lipinski definition) is 7. The highest BCUT2D eigenvalue weighted by molar-refractivity contribution is 6.14. The number of nitrogens with one attached hydrogen (secondary N) is 3. The number of nitriles is 2. The van der Waals surface area contributed by atoms with Gasteiger partial charge in [-0.15, -0.1) is 0 Å². The van der Waals surface area contributed by atoms with Crippen LogP contribution in [0.3, 0.4) is 0 Å². The molecule has 0 spiro atoms. The highest BCUT2D eigenvalue weighted by Gasteiger charge is 2.46. The van der Waals surface area contributed by atoms with Crippen LogP contribution in [0.15, 0.2) is 120 Å². The Labute approximate surface area is 390 Å². The summed E-state index contributed by atoms with van der Waals surface area (Å²) in [7, 11) is 3.79. The fourth-order valence-electron chi connectivity index (χ4n) is 8.51. The first-order valence-electron chi connectivity index (χ1n) is 21.3. The molecule has 4 N–H and O–H groups in total. The van der Waals surface area contributed by atoms with E-state index in [9.17, 15) is 65.9 Å². The molecule has 0 fully saturated rings. The van der Waals surface area contributed by atoms with Crippen LogP contribution in [0.1, 0.15) is 58.3 Å². The smallest absolute Gasteiger partial charge is 0.416 e. The molecule has 4 aromatic carbocycles. The summed E-state index contributed by atoms with van der Waals surface area (Å²) in [4.78, 5) is 71.5. The van der Waals surface area contributed by atoms with Crippen LogP contribution in [-0.4, -0.2) is 91.2 Å². The zero-order valence-electron chi connectivity index (χ0n) is 36.8. The first-order chi connectivity index (χ1) is 32.6. The van der Waals surface area contributed by atoms with Gasteiger partial charge in [0.15, 0.2) is 0 Å². The van der Waals surface area contributed by atoms with E-state index in [0.717, 1.165) is 35.2 Å². The summed E-state index contributed by atoms with van der Waals surface area (Å²) in [6.07, 6.45) is -8.80. The summed E-state index contributed by atoms with van der Waals surface area (Å²) < 4.78 is 82.8. The van der Waals surface area contributed by atoms with Crippen molar-refractivity contribution in [1.29, 1.82) is 10.5 Å². The van der Waals surface area contributed by atoms with E-state index in [1.807, 2.05) is 26.2 Å². The number of carboxylic acid groups (broad SMARTS) is 1. The second-order valence-corrected chi connectivity index (χ2v) is 17.0. The van der Waals surface area contributed by atoms with Gasteiger partial charge in [-0.05, 0) is 71.8 Å². The predicted molar refractivity (Wildman–Crippen MR) is 235 cm³/mol. The van der Waals surface area contributed by atoms with Crippen molar-refractivity contribution in [3.8, 4) is 12.1 Å². The molecule has 0 saturated carbocycles. The first-order valence-corrected chi connectivity index (χ1v) is 21.3. The van der Waals surface area contributed by atoms with Gasteiger partial charge in [-0.2, -0.15) is 36.9 Å². The average molecular weight is 955 g/mol. The van der Waals surface area contributed by atoms with Crippen molar-refractivity contribution in [3.05, 3.63) is 153 Å². The monoisotopic (exact) mass is 954 g/mol. The Bertz CT molecular complexity index is 2870. The van der Waals surface area contributed by atoms with E-state index in [4.69, 9.17) is 0 Å². The van der Waals surface area contributed by atoms with Gasteiger partial charge in [0.25, 0.3) is 11.8 Å². The van der Waals surface area contributed by atoms with Gasteiger partial charge in [-0.25, -0.2) is 14.4 Å². The third-order valence-corrected chi connectivity index (χ3v) is 11.9. The van der Waals surface area contributed by atoms with Gasteiger partial charge in [-0.3, -0.25) is 19.4 Å². The first kappa shape index (κ1) is 48.8. The van der Waals surface area contributed by atoms with Gasteiger partial charge in [0.2, 0.25) is 0 Å². The number of urea groups is 2. The Morgan fingerprint density at radius 1 is 0.739 bits per heavy atom. The number of quaternary nitrogens is 1. The van der Waals surface area contributed by atoms with Gasteiger partial charge in [-0.1, -0.05) is 36.4 Å². The van der Waals surface area contributed by atoms with E-state index < -0.39 is 82.4 Å². The van der Waals surface area contributed by atoms with E-state index in [-0.39, 0.29) is 47.7 Å². The number of nitrogens with zero attached hydrogens (tertiary/aromatic N) is 6. The molecule has 3 aliphatic heterocycles. The van der Waals surface area contributed by atoms with Crippen LogP contribution < -0.4 is 25.8 Å². The summed E-state index contributed by atoms with van der Waals surface area (Å²) in [5.41, 5.74) is -2.41. The average Bonchev–Trinajstić information content (AvgIpc) is 3.63. The summed E-state index contributed by atoms with van der Waals surface area (Å²) in [5, 5.41) is 37.1. The number of carboxylic acids is 1. The van der Waals surface area contributed by atoms with Crippen LogP contribution >= 0.6 is 0 Å². The Hall–Kier alpha value is -8.17. The lowest BCUT2D eigenvalue weighted by Crippen LogP contribution is -2.52. The molecule has 7 rings (SSSR count). The highest BCUT2D eigenvalue weighted by atomic mass is 19.4. The standard InChI is InChI=1S/C48H41F6N9O6/c1-63(2,22-6-20-60-27-36-37(43(60)65)39(30-15-11-28(25-55)12-16-30)58-45(68)61(36)34-9-3-7-32(23-34)47(49,50)51)21-5-19-57-42(64)38-40(31-17-13-29(26-56)14-18-31)59-46(69)62(41(38)44(66)67)35-10-4-8-33(24-35)48(52,53)54/h3-4,7-18,23-24,39-40H,5-6,19-22,27H2,1-2H3,(H3-,57,58,59,64,66,67,68,69)/p+1/t39-,40-/m1/s1. The molecular formula is C48H42F6N9O6+. The molecule has 6 amide bonds. The Kier molecular flexibility index (Phi) is 13.6. The van der Waals surface area contributed by atoms with Crippen molar-refractivity contribution in [2.45, 2.75) is 37.3 Å².